The second-order valence-corrected chi connectivity index (χ2v) is 8.70. The number of thioether (sulfide) groups is 1. The summed E-state index contributed by atoms with van der Waals surface area (Å²) in [5, 5.41) is 13.2. The van der Waals surface area contributed by atoms with E-state index in [1.807, 2.05) is 52.9 Å². The number of aromatic nitrogens is 4. The molecule has 1 aliphatic rings. The largest absolute Gasteiger partial charge is 0.325 e. The van der Waals surface area contributed by atoms with Crippen molar-refractivity contribution in [2.75, 3.05) is 11.1 Å². The molecule has 1 amide bonds. The molecule has 8 heteroatoms. The van der Waals surface area contributed by atoms with E-state index in [0.717, 1.165) is 29.4 Å². The van der Waals surface area contributed by atoms with E-state index < -0.39 is 0 Å². The van der Waals surface area contributed by atoms with Crippen molar-refractivity contribution in [1.82, 2.24) is 19.5 Å². The van der Waals surface area contributed by atoms with Gasteiger partial charge in [0.25, 0.3) is 0 Å². The summed E-state index contributed by atoms with van der Waals surface area (Å²) in [5.74, 6) is 1.54. The summed E-state index contributed by atoms with van der Waals surface area (Å²) in [6.07, 6.45) is 9.99. The Morgan fingerprint density at radius 2 is 1.97 bits per heavy atom. The van der Waals surface area contributed by atoms with Crippen LogP contribution in [0.3, 0.4) is 0 Å². The van der Waals surface area contributed by atoms with Gasteiger partial charge in [0.15, 0.2) is 5.82 Å². The highest BCUT2D eigenvalue weighted by Crippen LogP contribution is 2.33. The summed E-state index contributed by atoms with van der Waals surface area (Å²) in [6, 6.07) is 9.47. The average molecular weight is 430 g/mol. The van der Waals surface area contributed by atoms with E-state index in [-0.39, 0.29) is 11.7 Å². The van der Waals surface area contributed by atoms with Gasteiger partial charge in [-0.3, -0.25) is 9.47 Å². The third kappa shape index (κ3) is 4.67. The second kappa shape index (κ2) is 9.05. The maximum atomic E-state index is 12.4. The van der Waals surface area contributed by atoms with Crippen LogP contribution in [0.4, 0.5) is 5.69 Å². The summed E-state index contributed by atoms with van der Waals surface area (Å²) in [6.45, 7) is 1.93. The summed E-state index contributed by atoms with van der Waals surface area (Å²) < 4.78 is 4.03. The van der Waals surface area contributed by atoms with Gasteiger partial charge in [0.05, 0.1) is 5.75 Å². The van der Waals surface area contributed by atoms with Gasteiger partial charge < -0.3 is 5.32 Å². The molecule has 1 N–H and O–H groups in total. The standard InChI is InChI=1S/C21H24ClN5OS/c1-15-9-10-17(13-18(15)22)23-19(28)14-29-21-25-24-20(16-7-3-2-4-8-16)27(21)26-11-5-6-12-26/h5-6,9-13,16H,2-4,7-8,14H2,1H3,(H,23,28). The van der Waals surface area contributed by atoms with Crippen molar-refractivity contribution in [3.8, 4) is 0 Å². The number of amides is 1. The number of nitrogens with one attached hydrogen (secondary N) is 1. The van der Waals surface area contributed by atoms with Crippen molar-refractivity contribution in [2.24, 2.45) is 0 Å². The third-order valence-corrected chi connectivity index (χ3v) is 6.54. The van der Waals surface area contributed by atoms with Crippen LogP contribution in [0.1, 0.15) is 49.4 Å². The van der Waals surface area contributed by atoms with Crippen molar-refractivity contribution < 1.29 is 4.79 Å². The van der Waals surface area contributed by atoms with Crippen molar-refractivity contribution in [3.05, 3.63) is 59.1 Å². The van der Waals surface area contributed by atoms with Gasteiger partial charge >= 0.3 is 0 Å². The lowest BCUT2D eigenvalue weighted by Crippen LogP contribution is -2.18. The number of aryl methyl sites for hydroxylation is 1. The highest BCUT2D eigenvalue weighted by Gasteiger charge is 2.24. The third-order valence-electron chi connectivity index (χ3n) is 5.21. The molecule has 0 saturated heterocycles. The smallest absolute Gasteiger partial charge is 0.234 e. The predicted octanol–water partition coefficient (Wildman–Crippen LogP) is 5.13. The van der Waals surface area contributed by atoms with E-state index in [1.165, 1.54) is 31.0 Å². The monoisotopic (exact) mass is 429 g/mol. The molecule has 1 saturated carbocycles. The molecule has 1 fully saturated rings. The van der Waals surface area contributed by atoms with Gasteiger partial charge in [0.1, 0.15) is 0 Å². The molecule has 0 spiro atoms. The van der Waals surface area contributed by atoms with Crippen LogP contribution >= 0.6 is 23.4 Å². The van der Waals surface area contributed by atoms with Crippen LogP contribution in [-0.4, -0.2) is 31.2 Å². The lowest BCUT2D eigenvalue weighted by atomic mass is 9.89. The molecule has 0 aliphatic heterocycles. The number of hydrogen-bond donors (Lipinski definition) is 1. The number of halogens is 1. The van der Waals surface area contributed by atoms with Crippen molar-refractivity contribution in [1.29, 1.82) is 0 Å². The first-order chi connectivity index (χ1) is 14.1. The number of carbonyl (C=O) groups is 1. The molecule has 0 atom stereocenters. The van der Waals surface area contributed by atoms with Gasteiger partial charge in [-0.15, -0.1) is 10.2 Å². The minimum atomic E-state index is -0.101. The Balaban J connectivity index is 1.48. The normalized spacial score (nSPS) is 14.8. The van der Waals surface area contributed by atoms with E-state index in [1.54, 1.807) is 6.07 Å². The number of hydrogen-bond acceptors (Lipinski definition) is 4. The SMILES string of the molecule is Cc1ccc(NC(=O)CSc2nnc(C3CCCCC3)n2-n2cccc2)cc1Cl. The Morgan fingerprint density at radius 1 is 1.21 bits per heavy atom. The average Bonchev–Trinajstić information content (AvgIpc) is 3.39. The van der Waals surface area contributed by atoms with Crippen LogP contribution in [-0.2, 0) is 4.79 Å². The maximum Gasteiger partial charge on any atom is 0.234 e. The number of nitrogens with zero attached hydrogens (tertiary/aromatic N) is 4. The molecule has 1 aromatic carbocycles. The zero-order valence-corrected chi connectivity index (χ0v) is 17.9. The fourth-order valence-corrected chi connectivity index (χ4v) is 4.58. The van der Waals surface area contributed by atoms with E-state index >= 15 is 0 Å². The molecule has 0 unspecified atom stereocenters. The second-order valence-electron chi connectivity index (χ2n) is 7.35. The van der Waals surface area contributed by atoms with Crippen LogP contribution < -0.4 is 5.32 Å². The summed E-state index contributed by atoms with van der Waals surface area (Å²) >= 11 is 7.53. The van der Waals surface area contributed by atoms with Crippen molar-refractivity contribution in [2.45, 2.75) is 50.1 Å². The fourth-order valence-electron chi connectivity index (χ4n) is 3.66. The zero-order valence-electron chi connectivity index (χ0n) is 16.3. The number of carbonyl (C=O) groups excluding carboxylic acids is 1. The molecule has 3 aromatic rings. The first-order valence-corrected chi connectivity index (χ1v) is 11.3. The molecule has 6 nitrogen and oxygen atoms in total. The molecule has 0 bridgehead atoms. The maximum absolute atomic E-state index is 12.4. The lowest BCUT2D eigenvalue weighted by Gasteiger charge is -2.22. The van der Waals surface area contributed by atoms with E-state index in [4.69, 9.17) is 11.6 Å². The van der Waals surface area contributed by atoms with Gasteiger partial charge in [-0.1, -0.05) is 48.7 Å². The van der Waals surface area contributed by atoms with Crippen molar-refractivity contribution in [3.63, 3.8) is 0 Å². The first kappa shape index (κ1) is 20.0. The molecule has 2 heterocycles. The zero-order chi connectivity index (χ0) is 20.2. The van der Waals surface area contributed by atoms with Gasteiger partial charge in [0, 0.05) is 29.0 Å². The topological polar surface area (TPSA) is 64.7 Å². The quantitative estimate of drug-likeness (QED) is 0.551. The number of benzene rings is 1. The number of anilines is 1. The Morgan fingerprint density at radius 3 is 2.69 bits per heavy atom. The van der Waals surface area contributed by atoms with Crippen LogP contribution in [0.25, 0.3) is 0 Å². The number of rotatable bonds is 6. The van der Waals surface area contributed by atoms with Gasteiger partial charge in [-0.25, -0.2) is 4.68 Å². The van der Waals surface area contributed by atoms with Crippen LogP contribution in [0.5, 0.6) is 0 Å². The Labute approximate surface area is 179 Å². The molecule has 2 aromatic heterocycles. The van der Waals surface area contributed by atoms with Crippen LogP contribution in [0.2, 0.25) is 5.02 Å². The minimum Gasteiger partial charge on any atom is -0.325 e. The summed E-state index contributed by atoms with van der Waals surface area (Å²) in [5.41, 5.74) is 1.68. The van der Waals surface area contributed by atoms with Crippen molar-refractivity contribution >= 4 is 35.0 Å². The van der Waals surface area contributed by atoms with Crippen LogP contribution in [0, 0.1) is 6.92 Å². The first-order valence-electron chi connectivity index (χ1n) is 9.89. The minimum absolute atomic E-state index is 0.101. The predicted molar refractivity (Wildman–Crippen MR) is 117 cm³/mol. The summed E-state index contributed by atoms with van der Waals surface area (Å²) in [7, 11) is 0. The highest BCUT2D eigenvalue weighted by atomic mass is 35.5. The molecule has 152 valence electrons. The lowest BCUT2D eigenvalue weighted by molar-refractivity contribution is -0.113. The Bertz CT molecular complexity index is 979. The Kier molecular flexibility index (Phi) is 6.25. The molecule has 1 aliphatic carbocycles. The molecule has 29 heavy (non-hydrogen) atoms. The fraction of sp³-hybridized carbons (Fsp3) is 0.381. The summed E-state index contributed by atoms with van der Waals surface area (Å²) in [4.78, 5) is 12.4. The molecule has 4 rings (SSSR count). The van der Waals surface area contributed by atoms with Gasteiger partial charge in [-0.05, 0) is 49.6 Å². The van der Waals surface area contributed by atoms with E-state index in [9.17, 15) is 4.79 Å². The van der Waals surface area contributed by atoms with E-state index in [2.05, 4.69) is 15.5 Å². The van der Waals surface area contributed by atoms with Crippen LogP contribution in [0.15, 0.2) is 47.9 Å². The van der Waals surface area contributed by atoms with Gasteiger partial charge in [-0.2, -0.15) is 0 Å². The molecular weight excluding hydrogens is 406 g/mol. The highest BCUT2D eigenvalue weighted by molar-refractivity contribution is 7.99. The molecule has 0 radical (unpaired) electrons. The van der Waals surface area contributed by atoms with E-state index in [0.29, 0.717) is 16.6 Å². The van der Waals surface area contributed by atoms with Gasteiger partial charge in [0.2, 0.25) is 11.1 Å². The molecular formula is C21H24ClN5OS. The Hall–Kier alpha value is -2.25.